The number of halogens is 2. The summed E-state index contributed by atoms with van der Waals surface area (Å²) in [6.07, 6.45) is 0. The smallest absolute Gasteiger partial charge is 0.341 e. The molecule has 136 valence electrons. The van der Waals surface area contributed by atoms with Crippen molar-refractivity contribution in [2.24, 2.45) is 0 Å². The lowest BCUT2D eigenvalue weighted by atomic mass is 10.2. The zero-order chi connectivity index (χ0) is 18.7. The highest BCUT2D eigenvalue weighted by Gasteiger charge is 2.26. The zero-order valence-corrected chi connectivity index (χ0v) is 14.6. The second-order valence-electron chi connectivity index (χ2n) is 5.07. The van der Waals surface area contributed by atoms with Crippen LogP contribution in [-0.4, -0.2) is 25.3 Å². The maximum Gasteiger partial charge on any atom is 0.341 e. The summed E-state index contributed by atoms with van der Waals surface area (Å²) in [7, 11) is -4.70. The Balaban J connectivity index is 1.64. The fraction of sp³-hybridized carbons (Fsp3) is 0.125. The minimum Gasteiger partial charge on any atom is -0.455 e. The third kappa shape index (κ3) is 3.81. The number of benzene rings is 1. The first-order valence-electron chi connectivity index (χ1n) is 7.16. The molecule has 26 heavy (non-hydrogen) atoms. The number of thiophene rings is 1. The predicted molar refractivity (Wildman–Crippen MR) is 88.6 cm³/mol. The molecule has 0 amide bonds. The molecule has 0 spiro atoms. The SMILES string of the molecule is O=C(OCc1cc(-c2cccs2)on1)c1ccc(S(=O)(=O)C(F)F)cc1. The molecule has 0 unspecified atom stereocenters. The normalized spacial score (nSPS) is 11.7. The van der Waals surface area contributed by atoms with E-state index in [-0.39, 0.29) is 12.2 Å². The number of aromatic nitrogens is 1. The Morgan fingerprint density at radius 3 is 2.58 bits per heavy atom. The van der Waals surface area contributed by atoms with E-state index in [1.165, 1.54) is 11.3 Å². The summed E-state index contributed by atoms with van der Waals surface area (Å²) in [5.41, 5.74) is 0.429. The average molecular weight is 399 g/mol. The van der Waals surface area contributed by atoms with Crippen molar-refractivity contribution >= 4 is 27.1 Å². The molecule has 0 radical (unpaired) electrons. The van der Waals surface area contributed by atoms with Gasteiger partial charge in [0.2, 0.25) is 9.84 Å². The maximum atomic E-state index is 12.5. The van der Waals surface area contributed by atoms with Crippen molar-refractivity contribution in [3.8, 4) is 10.6 Å². The molecule has 6 nitrogen and oxygen atoms in total. The predicted octanol–water partition coefficient (Wildman–Crippen LogP) is 3.76. The second-order valence-corrected chi connectivity index (χ2v) is 7.93. The molecule has 3 rings (SSSR count). The molecule has 0 fully saturated rings. The van der Waals surface area contributed by atoms with Gasteiger partial charge in [-0.05, 0) is 35.7 Å². The highest BCUT2D eigenvalue weighted by Crippen LogP contribution is 2.25. The van der Waals surface area contributed by atoms with Gasteiger partial charge in [-0.25, -0.2) is 13.2 Å². The standard InChI is InChI=1S/C16H11F2NO5S2/c17-16(18)26(21,22)12-5-3-10(4-6-12)15(20)23-9-11-8-13(24-19-11)14-2-1-7-25-14/h1-8,16H,9H2. The summed E-state index contributed by atoms with van der Waals surface area (Å²) in [6, 6.07) is 9.44. The van der Waals surface area contributed by atoms with Gasteiger partial charge in [-0.15, -0.1) is 11.3 Å². The summed E-state index contributed by atoms with van der Waals surface area (Å²) in [6.45, 7) is -0.148. The van der Waals surface area contributed by atoms with E-state index in [4.69, 9.17) is 9.26 Å². The van der Waals surface area contributed by atoms with Crippen LogP contribution >= 0.6 is 11.3 Å². The molecule has 0 saturated heterocycles. The highest BCUT2D eigenvalue weighted by atomic mass is 32.2. The number of carbonyl (C=O) groups excluding carboxylic acids is 1. The molecule has 0 saturated carbocycles. The van der Waals surface area contributed by atoms with E-state index in [0.717, 1.165) is 29.1 Å². The van der Waals surface area contributed by atoms with Gasteiger partial charge in [0.15, 0.2) is 5.76 Å². The highest BCUT2D eigenvalue weighted by molar-refractivity contribution is 7.91. The number of sulfone groups is 1. The summed E-state index contributed by atoms with van der Waals surface area (Å²) in [5.74, 6) is -3.72. The van der Waals surface area contributed by atoms with E-state index in [2.05, 4.69) is 5.16 Å². The van der Waals surface area contributed by atoms with Crippen LogP contribution in [-0.2, 0) is 21.2 Å². The van der Waals surface area contributed by atoms with Crippen molar-refractivity contribution in [2.75, 3.05) is 0 Å². The van der Waals surface area contributed by atoms with Crippen molar-refractivity contribution in [1.82, 2.24) is 5.16 Å². The summed E-state index contributed by atoms with van der Waals surface area (Å²) in [4.78, 5) is 12.3. The second kappa shape index (κ2) is 7.34. The van der Waals surface area contributed by atoms with Crippen LogP contribution in [0.1, 0.15) is 16.1 Å². The topological polar surface area (TPSA) is 86.5 Å². The first-order valence-corrected chi connectivity index (χ1v) is 9.59. The largest absolute Gasteiger partial charge is 0.455 e. The molecule has 2 heterocycles. The molecule has 0 atom stereocenters. The Hall–Kier alpha value is -2.59. The number of nitrogens with zero attached hydrogens (tertiary/aromatic N) is 1. The molecule has 0 aliphatic heterocycles. The van der Waals surface area contributed by atoms with E-state index in [0.29, 0.717) is 11.5 Å². The van der Waals surface area contributed by atoms with E-state index in [9.17, 15) is 22.0 Å². The summed E-state index contributed by atoms with van der Waals surface area (Å²) >= 11 is 1.47. The van der Waals surface area contributed by atoms with Crippen molar-refractivity contribution in [3.63, 3.8) is 0 Å². The van der Waals surface area contributed by atoms with Crippen LogP contribution in [0.3, 0.4) is 0 Å². The lowest BCUT2D eigenvalue weighted by Gasteiger charge is -2.05. The molecular weight excluding hydrogens is 388 g/mol. The number of ether oxygens (including phenoxy) is 1. The first kappa shape index (κ1) is 18.2. The molecule has 0 N–H and O–H groups in total. The van der Waals surface area contributed by atoms with Crippen LogP contribution in [0, 0.1) is 0 Å². The minimum absolute atomic E-state index is 0.0280. The minimum atomic E-state index is -4.70. The quantitative estimate of drug-likeness (QED) is 0.587. The average Bonchev–Trinajstić information content (AvgIpc) is 3.31. The van der Waals surface area contributed by atoms with Gasteiger partial charge >= 0.3 is 11.7 Å². The van der Waals surface area contributed by atoms with Crippen molar-refractivity contribution in [2.45, 2.75) is 17.3 Å². The maximum absolute atomic E-state index is 12.5. The van der Waals surface area contributed by atoms with Gasteiger partial charge in [0.05, 0.1) is 15.3 Å². The van der Waals surface area contributed by atoms with Gasteiger partial charge < -0.3 is 9.26 Å². The van der Waals surface area contributed by atoms with Crippen LogP contribution < -0.4 is 0 Å². The van der Waals surface area contributed by atoms with Crippen molar-refractivity contribution in [1.29, 1.82) is 0 Å². The van der Waals surface area contributed by atoms with E-state index in [1.54, 1.807) is 6.07 Å². The fourth-order valence-electron chi connectivity index (χ4n) is 2.02. The molecule has 0 aliphatic rings. The van der Waals surface area contributed by atoms with Crippen molar-refractivity contribution in [3.05, 3.63) is 59.1 Å². The first-order chi connectivity index (χ1) is 12.4. The lowest BCUT2D eigenvalue weighted by Crippen LogP contribution is -2.12. The number of rotatable bonds is 6. The van der Waals surface area contributed by atoms with E-state index < -0.39 is 26.5 Å². The number of carbonyl (C=O) groups is 1. The van der Waals surface area contributed by atoms with Crippen LogP contribution in [0.25, 0.3) is 10.6 Å². The molecule has 0 bridgehead atoms. The zero-order valence-electron chi connectivity index (χ0n) is 13.0. The number of alkyl halides is 2. The van der Waals surface area contributed by atoms with Crippen LogP contribution in [0.2, 0.25) is 0 Å². The van der Waals surface area contributed by atoms with E-state index >= 15 is 0 Å². The Labute approximate surface area is 150 Å². The number of esters is 1. The number of hydrogen-bond acceptors (Lipinski definition) is 7. The van der Waals surface area contributed by atoms with E-state index in [1.807, 2.05) is 17.5 Å². The van der Waals surface area contributed by atoms with Gasteiger partial charge in [-0.2, -0.15) is 8.78 Å². The Morgan fingerprint density at radius 1 is 1.23 bits per heavy atom. The third-order valence-electron chi connectivity index (χ3n) is 3.33. The van der Waals surface area contributed by atoms with Crippen molar-refractivity contribution < 1.29 is 31.3 Å². The number of hydrogen-bond donors (Lipinski definition) is 0. The third-order valence-corrected chi connectivity index (χ3v) is 5.61. The van der Waals surface area contributed by atoms with Crippen LogP contribution in [0.4, 0.5) is 8.78 Å². The van der Waals surface area contributed by atoms with Gasteiger partial charge in [0, 0.05) is 6.07 Å². The Bertz CT molecular complexity index is 996. The molecule has 0 aliphatic carbocycles. The van der Waals surface area contributed by atoms with Gasteiger partial charge in [0.25, 0.3) is 0 Å². The van der Waals surface area contributed by atoms with Gasteiger partial charge in [0.1, 0.15) is 12.3 Å². The monoisotopic (exact) mass is 399 g/mol. The Morgan fingerprint density at radius 2 is 1.96 bits per heavy atom. The van der Waals surface area contributed by atoms with Crippen LogP contribution in [0.5, 0.6) is 0 Å². The van der Waals surface area contributed by atoms with Gasteiger partial charge in [-0.3, -0.25) is 0 Å². The Kier molecular flexibility index (Phi) is 5.14. The molecule has 2 aromatic heterocycles. The van der Waals surface area contributed by atoms with Gasteiger partial charge in [-0.1, -0.05) is 11.2 Å². The molecule has 3 aromatic rings. The molecule has 10 heteroatoms. The lowest BCUT2D eigenvalue weighted by molar-refractivity contribution is 0.0464. The molecular formula is C16H11F2NO5S2. The van der Waals surface area contributed by atoms with Crippen LogP contribution in [0.15, 0.2) is 57.3 Å². The fourth-order valence-corrected chi connectivity index (χ4v) is 3.42. The summed E-state index contributed by atoms with van der Waals surface area (Å²) in [5, 5.41) is 5.68. The molecule has 1 aromatic carbocycles. The summed E-state index contributed by atoms with van der Waals surface area (Å²) < 4.78 is 57.8.